The first-order valence-corrected chi connectivity index (χ1v) is 35.8. The third-order valence-electron chi connectivity index (χ3n) is 12.7. The second-order valence-corrected chi connectivity index (χ2v) is 21.1. The highest BCUT2D eigenvalue weighted by molar-refractivity contribution is 7.98. The Kier molecular flexibility index (Phi) is 54.1. The summed E-state index contributed by atoms with van der Waals surface area (Å²) in [4.78, 5) is 48.3. The number of hydrogen-bond acceptors (Lipinski definition) is 13. The van der Waals surface area contributed by atoms with Gasteiger partial charge in [-0.3, -0.25) is 28.1 Å². The highest BCUT2D eigenvalue weighted by Gasteiger charge is 2.14. The maximum absolute atomic E-state index is 13.6. The van der Waals surface area contributed by atoms with Crippen molar-refractivity contribution in [2.75, 3.05) is 30.5 Å². The Bertz CT molecular complexity index is 4360. The van der Waals surface area contributed by atoms with E-state index in [4.69, 9.17) is 37.3 Å². The molecular weight excluding hydrogens is 1440 g/mol. The topological polar surface area (TPSA) is 217 Å². The Labute approximate surface area is 641 Å². The van der Waals surface area contributed by atoms with Crippen LogP contribution in [0.3, 0.4) is 0 Å². The Hall–Kier alpha value is -10.5. The molecule has 11 aromatic rings. The van der Waals surface area contributed by atoms with E-state index in [1.165, 1.54) is 81.3 Å². The zero-order chi connectivity index (χ0) is 78.5. The van der Waals surface area contributed by atoms with Gasteiger partial charge in [-0.1, -0.05) is 193 Å². The number of benzene rings is 8. The lowest BCUT2D eigenvalue weighted by Crippen LogP contribution is -2.22. The number of nitrogen functional groups attached to an aromatic ring is 1. The van der Waals surface area contributed by atoms with Crippen LogP contribution in [0.1, 0.15) is 119 Å². The van der Waals surface area contributed by atoms with Crippen LogP contribution < -0.4 is 42.9 Å². The smallest absolute Gasteiger partial charge is 0.264 e. The van der Waals surface area contributed by atoms with E-state index in [0.717, 1.165) is 66.7 Å². The maximum Gasteiger partial charge on any atom is 0.264 e. The van der Waals surface area contributed by atoms with Gasteiger partial charge < -0.3 is 36.1 Å². The Morgan fingerprint density at radius 2 is 0.953 bits per heavy atom. The van der Waals surface area contributed by atoms with Gasteiger partial charge in [-0.25, -0.2) is 36.3 Å². The SMILES string of the molecule is C.C.C1CCOC1.CC.CC.CC.CC.CC.CSc1nc(O)cc(=O)n1-c1ccccc1.Cc1c(OCc2ccc(F)cc2F)ncn(-c2ccccc2)c1=O.Fc1ccc(CCl)c(F)c1.NC(=S)Nc1ccccc1.Nc1ccccc1.O=c1cc(OCc2ccc(F)cc2F)ncn1-c1ccccc1. The lowest BCUT2D eigenvalue weighted by molar-refractivity contribution is 0.198. The van der Waals surface area contributed by atoms with Gasteiger partial charge in [0.2, 0.25) is 17.6 Å². The third-order valence-corrected chi connectivity index (χ3v) is 13.7. The van der Waals surface area contributed by atoms with Gasteiger partial charge in [-0.15, -0.1) is 11.6 Å². The molecule has 1 aliphatic heterocycles. The van der Waals surface area contributed by atoms with Crippen LogP contribution in [0, 0.1) is 41.8 Å². The maximum atomic E-state index is 13.6. The molecule has 0 radical (unpaired) electrons. The molecule has 0 bridgehead atoms. The minimum Gasteiger partial charge on any atom is -0.493 e. The number of ether oxygens (including phenoxy) is 3. The minimum absolute atomic E-state index is 0. The summed E-state index contributed by atoms with van der Waals surface area (Å²) in [7, 11) is 0. The molecule has 4 heterocycles. The molecule has 12 rings (SSSR count). The summed E-state index contributed by atoms with van der Waals surface area (Å²) < 4.78 is 97.5. The molecule has 1 fully saturated rings. The van der Waals surface area contributed by atoms with Crippen molar-refractivity contribution in [1.82, 2.24) is 28.7 Å². The van der Waals surface area contributed by atoms with Crippen molar-refractivity contribution in [3.05, 3.63) is 319 Å². The van der Waals surface area contributed by atoms with Crippen LogP contribution in [0.5, 0.6) is 17.6 Å². The first kappa shape index (κ1) is 98.5. The summed E-state index contributed by atoms with van der Waals surface area (Å²) in [6, 6.07) is 58.4. The molecule has 1 saturated heterocycles. The van der Waals surface area contributed by atoms with Gasteiger partial charge in [0, 0.05) is 59.5 Å². The van der Waals surface area contributed by atoms with Gasteiger partial charge in [-0.05, 0) is 129 Å². The molecule has 0 atom stereocenters. The summed E-state index contributed by atoms with van der Waals surface area (Å²) in [5.41, 5.74) is 14.6. The Balaban J connectivity index is 0. The Morgan fingerprint density at radius 1 is 0.551 bits per heavy atom. The van der Waals surface area contributed by atoms with Gasteiger partial charge >= 0.3 is 0 Å². The second kappa shape index (κ2) is 58.7. The van der Waals surface area contributed by atoms with Crippen molar-refractivity contribution >= 4 is 52.1 Å². The highest BCUT2D eigenvalue weighted by Crippen LogP contribution is 2.20. The molecule has 0 aliphatic carbocycles. The summed E-state index contributed by atoms with van der Waals surface area (Å²) in [6.07, 6.45) is 7.07. The molecule has 8 aromatic carbocycles. The third kappa shape index (κ3) is 37.3. The monoisotopic (exact) mass is 1540 g/mol. The van der Waals surface area contributed by atoms with Crippen LogP contribution >= 0.6 is 35.6 Å². The van der Waals surface area contributed by atoms with Crippen molar-refractivity contribution in [1.29, 1.82) is 0 Å². The lowest BCUT2D eigenvalue weighted by Gasteiger charge is -2.11. The number of aromatic hydroxyl groups is 1. The number of anilines is 2. The number of thiocarbonyl (C=S) groups is 1. The first-order valence-electron chi connectivity index (χ1n) is 33.7. The molecular formula is C82H102ClF6N9O7S2. The second-order valence-electron chi connectivity index (χ2n) is 19.6. The Morgan fingerprint density at radius 3 is 1.34 bits per heavy atom. The first-order chi connectivity index (χ1) is 50.8. The zero-order valence-corrected chi connectivity index (χ0v) is 63.5. The molecule has 0 saturated carbocycles. The van der Waals surface area contributed by atoms with Crippen molar-refractivity contribution < 1.29 is 45.7 Å². The highest BCUT2D eigenvalue weighted by atomic mass is 35.5. The van der Waals surface area contributed by atoms with Crippen LogP contribution in [0.2, 0.25) is 0 Å². The number of halogens is 7. The fraction of sp³-hybridized carbons (Fsp3) is 0.256. The van der Waals surface area contributed by atoms with Crippen LogP contribution in [-0.4, -0.2) is 58.3 Å². The van der Waals surface area contributed by atoms with Crippen molar-refractivity contribution in [3.8, 4) is 34.7 Å². The quantitative estimate of drug-likeness (QED) is 0.0223. The number of alkyl halides is 1. The molecule has 16 nitrogen and oxygen atoms in total. The summed E-state index contributed by atoms with van der Waals surface area (Å²) in [5.74, 6) is -3.87. The van der Waals surface area contributed by atoms with Gasteiger partial charge in [0.25, 0.3) is 16.7 Å². The molecule has 0 spiro atoms. The summed E-state index contributed by atoms with van der Waals surface area (Å²) >= 11 is 11.3. The molecule has 107 heavy (non-hydrogen) atoms. The molecule has 25 heteroatoms. The van der Waals surface area contributed by atoms with E-state index < -0.39 is 34.9 Å². The lowest BCUT2D eigenvalue weighted by atomic mass is 10.2. The van der Waals surface area contributed by atoms with Gasteiger partial charge in [0.15, 0.2) is 10.3 Å². The van der Waals surface area contributed by atoms with Crippen LogP contribution in [-0.2, 0) is 23.8 Å². The molecule has 1 aliphatic rings. The number of thioether (sulfide) groups is 1. The standard InChI is InChI=1S/C18H14F2N2O2.C17H12F2N2O2.C11H10N2O2S.C7H5ClF2.C7H8N2S.C6H7N.C4H8O.5C2H6.2CH4/c1-12-17(24-10-13-7-8-14(19)9-16(13)20)21-11-22(18(12)23)15-5-3-2-4-6-15;18-13-7-6-12(15(19)8-13)10-23-16-9-17(22)21(11-20-16)14-4-2-1-3-5-14;1-16-11-12-9(14)7-10(15)13(11)8-5-3-2-4-6-8;8-4-5-1-2-6(9)3-7(5)10;8-7(10)9-6-4-2-1-3-5-6;7-6-4-2-1-3-5-6;1-2-4-5-3-1;5*1-2;;/h2-9,11H,10H2,1H3;1-9,11H,10H2;2-7,14H,1H3;1-3H,4H2;1-5H,(H3,8,9,10);1-5H,7H2;1-4H2;5*1-2H3;2*1H4. The van der Waals surface area contributed by atoms with E-state index in [0.29, 0.717) is 32.8 Å². The summed E-state index contributed by atoms with van der Waals surface area (Å²) in [6.45, 7) is 23.3. The predicted octanol–water partition coefficient (Wildman–Crippen LogP) is 20.7. The largest absolute Gasteiger partial charge is 0.493 e. The van der Waals surface area contributed by atoms with E-state index >= 15 is 0 Å². The number of nitrogens with two attached hydrogens (primary N) is 2. The van der Waals surface area contributed by atoms with Crippen molar-refractivity contribution in [3.63, 3.8) is 0 Å². The van der Waals surface area contributed by atoms with Crippen molar-refractivity contribution in [2.45, 2.75) is 128 Å². The van der Waals surface area contributed by atoms with E-state index in [-0.39, 0.29) is 79.4 Å². The van der Waals surface area contributed by atoms with Crippen molar-refractivity contribution in [2.24, 2.45) is 5.73 Å². The number of hydrogen-bond donors (Lipinski definition) is 4. The molecule has 0 amide bonds. The van der Waals surface area contributed by atoms with Crippen LogP contribution in [0.4, 0.5) is 37.7 Å². The average Bonchev–Trinajstić information content (AvgIpc) is 1.26. The van der Waals surface area contributed by atoms with Gasteiger partial charge in [-0.2, -0.15) is 4.98 Å². The van der Waals surface area contributed by atoms with E-state index in [2.05, 4.69) is 32.5 Å². The number of para-hydroxylation sites is 5. The van der Waals surface area contributed by atoms with Gasteiger partial charge in [0.05, 0.1) is 40.6 Å². The number of nitrogens with zero attached hydrogens (tertiary/aromatic N) is 6. The zero-order valence-electron chi connectivity index (χ0n) is 61.1. The molecule has 578 valence electrons. The average molecular weight is 1540 g/mol. The molecule has 6 N–H and O–H groups in total. The van der Waals surface area contributed by atoms with Crippen LogP contribution in [0.25, 0.3) is 17.1 Å². The number of nitrogens with one attached hydrogen (secondary N) is 1. The summed E-state index contributed by atoms with van der Waals surface area (Å²) in [5, 5.41) is 12.8. The van der Waals surface area contributed by atoms with Gasteiger partial charge in [0.1, 0.15) is 60.8 Å². The fourth-order valence-corrected chi connectivity index (χ4v) is 8.83. The van der Waals surface area contributed by atoms with E-state index in [1.54, 1.807) is 37.4 Å². The minimum atomic E-state index is -0.706. The van der Waals surface area contributed by atoms with Crippen LogP contribution in [0.15, 0.2) is 251 Å². The number of rotatable bonds is 12. The van der Waals surface area contributed by atoms with E-state index in [9.17, 15) is 45.8 Å². The predicted molar refractivity (Wildman–Crippen MR) is 433 cm³/mol. The fourth-order valence-electron chi connectivity index (χ4n) is 7.93. The van der Waals surface area contributed by atoms with E-state index in [1.807, 2.05) is 197 Å². The normalized spacial score (nSPS) is 9.90. The molecule has 3 aromatic heterocycles. The number of aromatic nitrogens is 6. The molecule has 0 unspecified atom stereocenters.